The number of aromatic nitrogens is 4. The van der Waals surface area contributed by atoms with Gasteiger partial charge in [-0.2, -0.15) is 5.10 Å². The molecule has 3 heterocycles. The number of hydrogen-bond donors (Lipinski definition) is 3. The number of carbonyl (C=O) groups excluding carboxylic acids is 3. The second-order valence-electron chi connectivity index (χ2n) is 8.77. The molecule has 4 rings (SSSR count). The average molecular weight is 479 g/mol. The van der Waals surface area contributed by atoms with E-state index >= 15 is 0 Å². The second kappa shape index (κ2) is 9.85. The molecule has 2 unspecified atom stereocenters. The Labute approximate surface area is 194 Å². The number of anilines is 1. The Kier molecular flexibility index (Phi) is 6.89. The molecule has 0 aromatic carbocycles. The number of rotatable bonds is 8. The summed E-state index contributed by atoms with van der Waals surface area (Å²) in [6, 6.07) is -1.06. The third-order valence-electron chi connectivity index (χ3n) is 6.38. The van der Waals surface area contributed by atoms with E-state index in [0.717, 1.165) is 0 Å². The van der Waals surface area contributed by atoms with Crippen LogP contribution in [0.3, 0.4) is 0 Å². The monoisotopic (exact) mass is 479 g/mol. The number of hydrogen-bond acceptors (Lipinski definition) is 7. The molecule has 2 aromatic rings. The first-order valence-corrected chi connectivity index (χ1v) is 11.4. The van der Waals surface area contributed by atoms with Crippen LogP contribution in [0.4, 0.5) is 14.5 Å². The van der Waals surface area contributed by atoms with E-state index in [-0.39, 0.29) is 43.2 Å². The average Bonchev–Trinajstić information content (AvgIpc) is 3.54. The van der Waals surface area contributed by atoms with Crippen molar-refractivity contribution >= 4 is 23.4 Å². The Morgan fingerprint density at radius 1 is 1.29 bits per heavy atom. The summed E-state index contributed by atoms with van der Waals surface area (Å²) < 4.78 is 33.6. The zero-order chi connectivity index (χ0) is 24.3. The molecule has 184 valence electrons. The van der Waals surface area contributed by atoms with Crippen LogP contribution in [0.1, 0.15) is 55.2 Å². The largest absolute Gasteiger partial charge is 0.356 e. The maximum Gasteiger partial charge on any atom is 0.276 e. The molecule has 2 atom stereocenters. The third kappa shape index (κ3) is 5.39. The minimum Gasteiger partial charge on any atom is -0.356 e. The zero-order valence-electron chi connectivity index (χ0n) is 18.7. The van der Waals surface area contributed by atoms with Gasteiger partial charge in [-0.1, -0.05) is 12.1 Å². The highest BCUT2D eigenvalue weighted by atomic mass is 19.3. The summed E-state index contributed by atoms with van der Waals surface area (Å²) in [5.74, 6) is -4.68. The van der Waals surface area contributed by atoms with E-state index in [2.05, 4.69) is 36.0 Å². The highest BCUT2D eigenvalue weighted by Crippen LogP contribution is 2.37. The van der Waals surface area contributed by atoms with Crippen LogP contribution in [-0.4, -0.2) is 56.3 Å². The molecule has 11 nitrogen and oxygen atoms in total. The molecule has 1 aliphatic carbocycles. The fourth-order valence-corrected chi connectivity index (χ4v) is 4.41. The fourth-order valence-electron chi connectivity index (χ4n) is 4.41. The van der Waals surface area contributed by atoms with Crippen LogP contribution in [0.5, 0.6) is 0 Å². The first kappa shape index (κ1) is 23.8. The summed E-state index contributed by atoms with van der Waals surface area (Å²) in [6.07, 6.45) is 3.59. The van der Waals surface area contributed by atoms with Crippen molar-refractivity contribution in [3.8, 4) is 0 Å². The van der Waals surface area contributed by atoms with Crippen molar-refractivity contribution in [2.75, 3.05) is 11.9 Å². The number of nitrogens with one attached hydrogen (secondary N) is 3. The Hall–Kier alpha value is -3.38. The van der Waals surface area contributed by atoms with Gasteiger partial charge < -0.3 is 16.0 Å². The zero-order valence-corrected chi connectivity index (χ0v) is 18.7. The molecule has 0 bridgehead atoms. The van der Waals surface area contributed by atoms with Gasteiger partial charge in [-0.3, -0.25) is 19.1 Å². The molecular formula is C21H27F2N7O4. The number of aryl methyl sites for hydroxylation is 1. The van der Waals surface area contributed by atoms with E-state index in [1.54, 1.807) is 17.8 Å². The number of alkyl halides is 2. The second-order valence-corrected chi connectivity index (χ2v) is 8.77. The molecule has 0 spiro atoms. The van der Waals surface area contributed by atoms with E-state index < -0.39 is 29.7 Å². The lowest BCUT2D eigenvalue weighted by atomic mass is 9.81. The summed E-state index contributed by atoms with van der Waals surface area (Å²) in [4.78, 5) is 37.7. The van der Waals surface area contributed by atoms with Gasteiger partial charge in [0, 0.05) is 25.6 Å². The van der Waals surface area contributed by atoms with Gasteiger partial charge in [0.1, 0.15) is 11.7 Å². The topological polar surface area (TPSA) is 144 Å². The Morgan fingerprint density at radius 3 is 2.74 bits per heavy atom. The fraction of sp³-hybridized carbons (Fsp3) is 0.619. The van der Waals surface area contributed by atoms with Gasteiger partial charge in [0.15, 0.2) is 5.69 Å². The standard InChI is InChI=1S/C21H27F2N7O4/c1-2-15-17(29-34-28-15)20(33)27-16(12-3-6-21(22,23)7-4-12)19(32)26-14-9-25-30(11-14)10-13-5-8-24-18(13)31/h9,11-13,16H,2-8,10H2,1H3,(H,24,31)(H,26,32)(H,27,33). The molecule has 13 heteroatoms. The minimum atomic E-state index is -2.78. The van der Waals surface area contributed by atoms with Crippen molar-refractivity contribution < 1.29 is 27.8 Å². The normalized spacial score (nSPS) is 21.1. The highest BCUT2D eigenvalue weighted by molar-refractivity contribution is 6.00. The van der Waals surface area contributed by atoms with Gasteiger partial charge in [-0.25, -0.2) is 13.4 Å². The maximum atomic E-state index is 13.7. The van der Waals surface area contributed by atoms with Crippen molar-refractivity contribution in [2.45, 2.75) is 64.0 Å². The SMILES string of the molecule is CCc1nonc1C(=O)NC(C(=O)Nc1cnn(CC2CCNC2=O)c1)C1CCC(F)(F)CC1. The lowest BCUT2D eigenvalue weighted by Gasteiger charge is -2.33. The van der Waals surface area contributed by atoms with Gasteiger partial charge in [0.25, 0.3) is 5.91 Å². The van der Waals surface area contributed by atoms with Crippen molar-refractivity contribution in [1.29, 1.82) is 0 Å². The molecule has 3 N–H and O–H groups in total. The Morgan fingerprint density at radius 2 is 2.06 bits per heavy atom. The van der Waals surface area contributed by atoms with Crippen LogP contribution >= 0.6 is 0 Å². The predicted octanol–water partition coefficient (Wildman–Crippen LogP) is 1.53. The summed E-state index contributed by atoms with van der Waals surface area (Å²) in [7, 11) is 0. The van der Waals surface area contributed by atoms with Crippen molar-refractivity contribution in [2.24, 2.45) is 11.8 Å². The molecule has 1 aliphatic heterocycles. The number of amides is 3. The lowest BCUT2D eigenvalue weighted by Crippen LogP contribution is -2.50. The van der Waals surface area contributed by atoms with Crippen LogP contribution in [0.25, 0.3) is 0 Å². The van der Waals surface area contributed by atoms with Gasteiger partial charge in [0.05, 0.1) is 24.3 Å². The summed E-state index contributed by atoms with van der Waals surface area (Å²) in [5.41, 5.74) is 0.675. The van der Waals surface area contributed by atoms with E-state index in [0.29, 0.717) is 37.3 Å². The highest BCUT2D eigenvalue weighted by Gasteiger charge is 2.41. The third-order valence-corrected chi connectivity index (χ3v) is 6.38. The molecule has 2 aromatic heterocycles. The van der Waals surface area contributed by atoms with Crippen molar-refractivity contribution in [1.82, 2.24) is 30.7 Å². The van der Waals surface area contributed by atoms with Crippen LogP contribution in [0.2, 0.25) is 0 Å². The molecule has 2 aliphatic rings. The first-order valence-electron chi connectivity index (χ1n) is 11.4. The van der Waals surface area contributed by atoms with Crippen molar-refractivity contribution in [3.05, 3.63) is 23.8 Å². The molecule has 1 saturated carbocycles. The predicted molar refractivity (Wildman–Crippen MR) is 114 cm³/mol. The molecule has 1 saturated heterocycles. The number of carbonyl (C=O) groups is 3. The lowest BCUT2D eigenvalue weighted by molar-refractivity contribution is -0.123. The molecule has 34 heavy (non-hydrogen) atoms. The van der Waals surface area contributed by atoms with E-state index in [9.17, 15) is 23.2 Å². The smallest absolute Gasteiger partial charge is 0.276 e. The number of nitrogens with zero attached hydrogens (tertiary/aromatic N) is 4. The maximum absolute atomic E-state index is 13.7. The van der Waals surface area contributed by atoms with E-state index in [1.807, 2.05) is 0 Å². The Bertz CT molecular complexity index is 1040. The quantitative estimate of drug-likeness (QED) is 0.521. The van der Waals surface area contributed by atoms with Gasteiger partial charge in [-0.05, 0) is 36.8 Å². The summed E-state index contributed by atoms with van der Waals surface area (Å²) in [5, 5.41) is 19.6. The van der Waals surface area contributed by atoms with Gasteiger partial charge in [-0.15, -0.1) is 0 Å². The molecule has 3 amide bonds. The van der Waals surface area contributed by atoms with Gasteiger partial charge in [0.2, 0.25) is 17.7 Å². The minimum absolute atomic E-state index is 0.0354. The van der Waals surface area contributed by atoms with Crippen LogP contribution < -0.4 is 16.0 Å². The van der Waals surface area contributed by atoms with Crippen LogP contribution in [0.15, 0.2) is 17.0 Å². The van der Waals surface area contributed by atoms with Crippen LogP contribution in [-0.2, 0) is 22.6 Å². The van der Waals surface area contributed by atoms with Crippen LogP contribution in [0, 0.1) is 11.8 Å². The summed E-state index contributed by atoms with van der Waals surface area (Å²) >= 11 is 0. The number of halogens is 2. The van der Waals surface area contributed by atoms with Gasteiger partial charge >= 0.3 is 0 Å². The summed E-state index contributed by atoms with van der Waals surface area (Å²) in [6.45, 7) is 2.77. The van der Waals surface area contributed by atoms with E-state index in [4.69, 9.17) is 0 Å². The molecule has 0 radical (unpaired) electrons. The molecule has 2 fully saturated rings. The van der Waals surface area contributed by atoms with Crippen molar-refractivity contribution in [3.63, 3.8) is 0 Å². The first-order chi connectivity index (χ1) is 16.3. The molecular weight excluding hydrogens is 452 g/mol. The van der Waals surface area contributed by atoms with E-state index in [1.165, 1.54) is 6.20 Å². The Balaban J connectivity index is 1.46.